The van der Waals surface area contributed by atoms with Crippen LogP contribution >= 0.6 is 0 Å². The minimum Gasteiger partial charge on any atom is -0.464 e. The summed E-state index contributed by atoms with van der Waals surface area (Å²) in [6.45, 7) is 4.39. The summed E-state index contributed by atoms with van der Waals surface area (Å²) < 4.78 is 5.55. The zero-order valence-corrected chi connectivity index (χ0v) is 11.3. The van der Waals surface area contributed by atoms with Crippen LogP contribution in [0.4, 0.5) is 0 Å². The first kappa shape index (κ1) is 12.7. The van der Waals surface area contributed by atoms with Gasteiger partial charge in [0, 0.05) is 17.5 Å². The van der Waals surface area contributed by atoms with E-state index in [1.807, 2.05) is 18.4 Å². The summed E-state index contributed by atoms with van der Waals surface area (Å²) in [6, 6.07) is 8.23. The summed E-state index contributed by atoms with van der Waals surface area (Å²) in [5.41, 5.74) is 2.25. The Morgan fingerprint density at radius 2 is 2.05 bits per heavy atom. The monoisotopic (exact) mass is 258 g/mol. The van der Waals surface area contributed by atoms with Crippen LogP contribution in [0.1, 0.15) is 24.8 Å². The van der Waals surface area contributed by atoms with Crippen LogP contribution in [0.2, 0.25) is 0 Å². The molecule has 1 aromatic heterocycles. The first-order chi connectivity index (χ1) is 9.43. The lowest BCUT2D eigenvalue weighted by molar-refractivity contribution is 0.348. The summed E-state index contributed by atoms with van der Waals surface area (Å²) in [6.07, 6.45) is 5.83. The molecule has 0 saturated carbocycles. The molecule has 0 bridgehead atoms. The number of furan rings is 1. The van der Waals surface area contributed by atoms with Gasteiger partial charge in [0.1, 0.15) is 5.58 Å². The smallest absolute Gasteiger partial charge is 0.134 e. The van der Waals surface area contributed by atoms with Gasteiger partial charge in [-0.05, 0) is 50.9 Å². The van der Waals surface area contributed by atoms with Crippen LogP contribution < -0.4 is 10.6 Å². The van der Waals surface area contributed by atoms with Crippen molar-refractivity contribution < 1.29 is 4.42 Å². The van der Waals surface area contributed by atoms with Crippen molar-refractivity contribution in [3.05, 3.63) is 36.1 Å². The van der Waals surface area contributed by atoms with Gasteiger partial charge in [0.25, 0.3) is 0 Å². The highest BCUT2D eigenvalue weighted by molar-refractivity contribution is 5.80. The molecule has 0 aliphatic carbocycles. The SMILES string of the molecule is c1ccc2c(CNCCC3CCNCC3)coc2c1. The lowest BCUT2D eigenvalue weighted by Crippen LogP contribution is -2.29. The van der Waals surface area contributed by atoms with Crippen LogP contribution in [-0.2, 0) is 6.54 Å². The first-order valence-electron chi connectivity index (χ1n) is 7.30. The van der Waals surface area contributed by atoms with Gasteiger partial charge in [-0.3, -0.25) is 0 Å². The fourth-order valence-corrected chi connectivity index (χ4v) is 2.87. The third kappa shape index (κ3) is 3.17. The molecule has 1 aliphatic heterocycles. The van der Waals surface area contributed by atoms with Crippen molar-refractivity contribution >= 4 is 11.0 Å². The van der Waals surface area contributed by atoms with E-state index in [0.717, 1.165) is 24.6 Å². The Kier molecular flexibility index (Phi) is 4.16. The first-order valence-corrected chi connectivity index (χ1v) is 7.30. The van der Waals surface area contributed by atoms with Crippen molar-refractivity contribution in [1.29, 1.82) is 0 Å². The van der Waals surface area contributed by atoms with Gasteiger partial charge < -0.3 is 15.1 Å². The molecule has 2 heterocycles. The highest BCUT2D eigenvalue weighted by Crippen LogP contribution is 2.20. The van der Waals surface area contributed by atoms with Gasteiger partial charge in [0.15, 0.2) is 0 Å². The zero-order chi connectivity index (χ0) is 12.9. The molecule has 0 spiro atoms. The van der Waals surface area contributed by atoms with E-state index in [4.69, 9.17) is 4.42 Å². The second-order valence-corrected chi connectivity index (χ2v) is 5.42. The minimum absolute atomic E-state index is 0.898. The van der Waals surface area contributed by atoms with Gasteiger partial charge in [-0.1, -0.05) is 18.2 Å². The van der Waals surface area contributed by atoms with Crippen molar-refractivity contribution in [2.45, 2.75) is 25.8 Å². The molecular formula is C16H22N2O. The van der Waals surface area contributed by atoms with E-state index in [9.17, 15) is 0 Å². The third-order valence-electron chi connectivity index (χ3n) is 4.06. The average molecular weight is 258 g/mol. The molecule has 19 heavy (non-hydrogen) atoms. The van der Waals surface area contributed by atoms with Crippen LogP contribution in [0, 0.1) is 5.92 Å². The number of para-hydroxylation sites is 1. The van der Waals surface area contributed by atoms with E-state index in [0.29, 0.717) is 0 Å². The number of hydrogen-bond acceptors (Lipinski definition) is 3. The molecule has 0 unspecified atom stereocenters. The molecule has 2 aromatic rings. The van der Waals surface area contributed by atoms with E-state index < -0.39 is 0 Å². The Morgan fingerprint density at radius 3 is 2.95 bits per heavy atom. The van der Waals surface area contributed by atoms with Gasteiger partial charge in [0.2, 0.25) is 0 Å². The molecule has 2 N–H and O–H groups in total. The molecule has 1 aliphatic rings. The van der Waals surface area contributed by atoms with Crippen LogP contribution in [0.15, 0.2) is 34.9 Å². The molecule has 3 rings (SSSR count). The van der Waals surface area contributed by atoms with Gasteiger partial charge in [-0.15, -0.1) is 0 Å². The number of nitrogens with one attached hydrogen (secondary N) is 2. The zero-order valence-electron chi connectivity index (χ0n) is 11.3. The molecule has 3 nitrogen and oxygen atoms in total. The van der Waals surface area contributed by atoms with Gasteiger partial charge in [0.05, 0.1) is 6.26 Å². The van der Waals surface area contributed by atoms with E-state index in [-0.39, 0.29) is 0 Å². The average Bonchev–Trinajstić information content (AvgIpc) is 2.88. The summed E-state index contributed by atoms with van der Waals surface area (Å²) in [7, 11) is 0. The maximum Gasteiger partial charge on any atom is 0.134 e. The molecule has 1 saturated heterocycles. The summed E-state index contributed by atoms with van der Waals surface area (Å²) in [5, 5.41) is 8.19. The van der Waals surface area contributed by atoms with E-state index in [1.54, 1.807) is 0 Å². The van der Waals surface area contributed by atoms with Crippen molar-refractivity contribution in [3.63, 3.8) is 0 Å². The Labute approximate surface area is 114 Å². The maximum atomic E-state index is 5.55. The Balaban J connectivity index is 1.47. The number of benzene rings is 1. The highest BCUT2D eigenvalue weighted by atomic mass is 16.3. The van der Waals surface area contributed by atoms with Crippen molar-refractivity contribution in [1.82, 2.24) is 10.6 Å². The molecule has 0 amide bonds. The molecule has 0 atom stereocenters. The quantitative estimate of drug-likeness (QED) is 0.810. The maximum absolute atomic E-state index is 5.55. The van der Waals surface area contributed by atoms with Crippen LogP contribution in [0.3, 0.4) is 0 Å². The molecule has 0 radical (unpaired) electrons. The second kappa shape index (κ2) is 6.22. The second-order valence-electron chi connectivity index (χ2n) is 5.42. The number of rotatable bonds is 5. The van der Waals surface area contributed by atoms with E-state index in [1.165, 1.54) is 43.3 Å². The van der Waals surface area contributed by atoms with Gasteiger partial charge in [-0.2, -0.15) is 0 Å². The van der Waals surface area contributed by atoms with Crippen molar-refractivity contribution in [2.24, 2.45) is 5.92 Å². The minimum atomic E-state index is 0.898. The molecular weight excluding hydrogens is 236 g/mol. The summed E-state index contributed by atoms with van der Waals surface area (Å²) in [5.74, 6) is 0.898. The molecule has 3 heteroatoms. The van der Waals surface area contributed by atoms with Gasteiger partial charge in [-0.25, -0.2) is 0 Å². The fraction of sp³-hybridized carbons (Fsp3) is 0.500. The molecule has 1 fully saturated rings. The van der Waals surface area contributed by atoms with Crippen molar-refractivity contribution in [2.75, 3.05) is 19.6 Å². The molecule has 102 valence electrons. The summed E-state index contributed by atoms with van der Waals surface area (Å²) >= 11 is 0. The number of fused-ring (bicyclic) bond motifs is 1. The largest absolute Gasteiger partial charge is 0.464 e. The van der Waals surface area contributed by atoms with Crippen LogP contribution in [0.5, 0.6) is 0 Å². The topological polar surface area (TPSA) is 37.2 Å². The van der Waals surface area contributed by atoms with Crippen LogP contribution in [0.25, 0.3) is 11.0 Å². The number of piperidine rings is 1. The standard InChI is InChI=1S/C16H22N2O/c1-2-4-16-15(3-1)14(12-19-16)11-18-10-7-13-5-8-17-9-6-13/h1-4,12-13,17-18H,5-11H2. The molecule has 1 aromatic carbocycles. The predicted octanol–water partition coefficient (Wildman–Crippen LogP) is 2.91. The van der Waals surface area contributed by atoms with Crippen LogP contribution in [-0.4, -0.2) is 19.6 Å². The summed E-state index contributed by atoms with van der Waals surface area (Å²) in [4.78, 5) is 0. The number of hydrogen-bond donors (Lipinski definition) is 2. The Hall–Kier alpha value is -1.32. The predicted molar refractivity (Wildman–Crippen MR) is 78.1 cm³/mol. The van der Waals surface area contributed by atoms with E-state index in [2.05, 4.69) is 22.8 Å². The van der Waals surface area contributed by atoms with E-state index >= 15 is 0 Å². The fourth-order valence-electron chi connectivity index (χ4n) is 2.87. The highest BCUT2D eigenvalue weighted by Gasteiger charge is 2.12. The Morgan fingerprint density at radius 1 is 1.21 bits per heavy atom. The van der Waals surface area contributed by atoms with Gasteiger partial charge >= 0.3 is 0 Å². The third-order valence-corrected chi connectivity index (χ3v) is 4.06. The van der Waals surface area contributed by atoms with Crippen molar-refractivity contribution in [3.8, 4) is 0 Å². The lowest BCUT2D eigenvalue weighted by atomic mass is 9.95. The Bertz CT molecular complexity index is 514. The lowest BCUT2D eigenvalue weighted by Gasteiger charge is -2.22. The normalized spacial score (nSPS) is 17.1.